The van der Waals surface area contributed by atoms with Crippen LogP contribution < -0.4 is 27.4 Å². The van der Waals surface area contributed by atoms with Crippen molar-refractivity contribution in [1.82, 2.24) is 16.0 Å². The second-order valence-corrected chi connectivity index (χ2v) is 7.08. The van der Waals surface area contributed by atoms with Crippen molar-refractivity contribution in [2.75, 3.05) is 13.2 Å². The molecule has 3 amide bonds. The summed E-state index contributed by atoms with van der Waals surface area (Å²) in [5.41, 5.74) is 11.1. The van der Waals surface area contributed by atoms with E-state index in [-0.39, 0.29) is 5.92 Å². The highest BCUT2D eigenvalue weighted by Gasteiger charge is 2.29. The molecule has 0 heterocycles. The minimum absolute atomic E-state index is 0.301. The van der Waals surface area contributed by atoms with E-state index < -0.39 is 54.5 Å². The Labute approximate surface area is 171 Å². The Morgan fingerprint density at radius 2 is 1.59 bits per heavy atom. The molecule has 0 radical (unpaired) electrons. The number of carboxylic acid groups (broad SMARTS) is 1. The Kier molecular flexibility index (Phi) is 12.8. The van der Waals surface area contributed by atoms with Crippen LogP contribution >= 0.6 is 0 Å². The highest BCUT2D eigenvalue weighted by Crippen LogP contribution is 2.08. The summed E-state index contributed by atoms with van der Waals surface area (Å²) in [7, 11) is 0. The van der Waals surface area contributed by atoms with E-state index in [2.05, 4.69) is 16.0 Å². The minimum atomic E-state index is -1.29. The van der Waals surface area contributed by atoms with Crippen molar-refractivity contribution in [2.24, 2.45) is 17.4 Å². The zero-order valence-electron chi connectivity index (χ0n) is 17.3. The Bertz CT molecular complexity index is 559. The van der Waals surface area contributed by atoms with Crippen molar-refractivity contribution >= 4 is 23.7 Å². The number of aliphatic carboxylic acids is 1. The Morgan fingerprint density at radius 1 is 0.966 bits per heavy atom. The van der Waals surface area contributed by atoms with Gasteiger partial charge >= 0.3 is 5.97 Å². The quantitative estimate of drug-likeness (QED) is 0.158. The monoisotopic (exact) mass is 417 g/mol. The first kappa shape index (κ1) is 26.8. The third kappa shape index (κ3) is 9.68. The van der Waals surface area contributed by atoms with Gasteiger partial charge in [0.25, 0.3) is 0 Å². The third-order valence-corrected chi connectivity index (χ3v) is 4.65. The second kappa shape index (κ2) is 13.9. The average Bonchev–Trinajstić information content (AvgIpc) is 2.68. The summed E-state index contributed by atoms with van der Waals surface area (Å²) < 4.78 is 0. The van der Waals surface area contributed by atoms with E-state index >= 15 is 0 Å². The summed E-state index contributed by atoms with van der Waals surface area (Å²) in [6.07, 6.45) is 2.29. The number of unbranched alkanes of at least 4 members (excludes halogenated alkanes) is 1. The Morgan fingerprint density at radius 3 is 2.07 bits per heavy atom. The summed E-state index contributed by atoms with van der Waals surface area (Å²) in [6, 6.07) is -4.30. The normalized spacial score (nSPS) is 16.1. The van der Waals surface area contributed by atoms with Gasteiger partial charge in [-0.2, -0.15) is 0 Å². The fourth-order valence-electron chi connectivity index (χ4n) is 2.45. The fraction of sp³-hybridized carbons (Fsp3) is 0.778. The highest BCUT2D eigenvalue weighted by molar-refractivity contribution is 5.93. The van der Waals surface area contributed by atoms with Gasteiger partial charge in [-0.15, -0.1) is 0 Å². The van der Waals surface area contributed by atoms with Crippen molar-refractivity contribution < 1.29 is 29.4 Å². The van der Waals surface area contributed by atoms with Gasteiger partial charge < -0.3 is 37.6 Å². The van der Waals surface area contributed by atoms with Crippen LogP contribution in [0.2, 0.25) is 0 Å². The maximum absolute atomic E-state index is 12.3. The molecule has 0 aromatic heterocycles. The number of carboxylic acids is 1. The molecule has 29 heavy (non-hydrogen) atoms. The first-order valence-corrected chi connectivity index (χ1v) is 9.79. The number of amides is 3. The van der Waals surface area contributed by atoms with Crippen LogP contribution in [0.1, 0.15) is 46.5 Å². The Balaban J connectivity index is 4.77. The SMILES string of the molecule is CCC(C)C(NC(=O)C(C)NC(=O)C(CO)NC(=O)C(N)CCCCN)C(=O)O. The summed E-state index contributed by atoms with van der Waals surface area (Å²) in [5, 5.41) is 25.7. The molecular formula is C18H35N5O6. The zero-order chi connectivity index (χ0) is 22.6. The van der Waals surface area contributed by atoms with Crippen molar-refractivity contribution in [3.05, 3.63) is 0 Å². The molecule has 168 valence electrons. The number of rotatable bonds is 14. The van der Waals surface area contributed by atoms with Gasteiger partial charge in [0.2, 0.25) is 17.7 Å². The fourth-order valence-corrected chi connectivity index (χ4v) is 2.45. The van der Waals surface area contributed by atoms with Crippen molar-refractivity contribution in [3.63, 3.8) is 0 Å². The number of hydrogen-bond acceptors (Lipinski definition) is 7. The third-order valence-electron chi connectivity index (χ3n) is 4.65. The number of carbonyl (C=O) groups is 4. The van der Waals surface area contributed by atoms with Crippen molar-refractivity contribution in [1.29, 1.82) is 0 Å². The van der Waals surface area contributed by atoms with Gasteiger partial charge in [-0.3, -0.25) is 14.4 Å². The van der Waals surface area contributed by atoms with Crippen LogP contribution in [0.25, 0.3) is 0 Å². The van der Waals surface area contributed by atoms with E-state index in [1.165, 1.54) is 6.92 Å². The molecule has 0 aromatic carbocycles. The van der Waals surface area contributed by atoms with Crippen molar-refractivity contribution in [2.45, 2.75) is 70.6 Å². The lowest BCUT2D eigenvalue weighted by Crippen LogP contribution is -2.57. The summed E-state index contributed by atoms with van der Waals surface area (Å²) >= 11 is 0. The first-order valence-electron chi connectivity index (χ1n) is 9.79. The van der Waals surface area contributed by atoms with Crippen LogP contribution in [0.15, 0.2) is 0 Å². The number of nitrogens with one attached hydrogen (secondary N) is 3. The van der Waals surface area contributed by atoms with Crippen LogP contribution in [0, 0.1) is 5.92 Å². The summed E-state index contributed by atoms with van der Waals surface area (Å²) in [4.78, 5) is 47.9. The molecule has 9 N–H and O–H groups in total. The van der Waals surface area contributed by atoms with E-state index in [1.54, 1.807) is 13.8 Å². The lowest BCUT2D eigenvalue weighted by atomic mass is 9.99. The molecule has 0 fully saturated rings. The van der Waals surface area contributed by atoms with E-state index in [1.807, 2.05) is 0 Å². The van der Waals surface area contributed by atoms with Gasteiger partial charge in [-0.05, 0) is 32.2 Å². The summed E-state index contributed by atoms with van der Waals surface area (Å²) in [5.74, 6) is -3.54. The van der Waals surface area contributed by atoms with Gasteiger partial charge in [0.05, 0.1) is 12.6 Å². The molecule has 0 saturated carbocycles. The smallest absolute Gasteiger partial charge is 0.326 e. The second-order valence-electron chi connectivity index (χ2n) is 7.08. The molecule has 0 saturated heterocycles. The minimum Gasteiger partial charge on any atom is -0.480 e. The van der Waals surface area contributed by atoms with Crippen LogP contribution in [-0.4, -0.2) is 71.2 Å². The highest BCUT2D eigenvalue weighted by atomic mass is 16.4. The molecule has 5 atom stereocenters. The van der Waals surface area contributed by atoms with Crippen LogP contribution in [0.4, 0.5) is 0 Å². The topological polar surface area (TPSA) is 197 Å². The average molecular weight is 418 g/mol. The molecule has 0 aliphatic heterocycles. The molecule has 0 aromatic rings. The zero-order valence-corrected chi connectivity index (χ0v) is 17.3. The molecule has 0 rings (SSSR count). The van der Waals surface area contributed by atoms with E-state index in [0.717, 1.165) is 0 Å². The predicted molar refractivity (Wildman–Crippen MR) is 107 cm³/mol. The molecule has 0 aliphatic carbocycles. The molecule has 11 heteroatoms. The molecule has 5 unspecified atom stereocenters. The van der Waals surface area contributed by atoms with E-state index in [4.69, 9.17) is 11.5 Å². The number of carbonyl (C=O) groups excluding carboxylic acids is 3. The van der Waals surface area contributed by atoms with Crippen LogP contribution in [-0.2, 0) is 19.2 Å². The van der Waals surface area contributed by atoms with Crippen LogP contribution in [0.5, 0.6) is 0 Å². The van der Waals surface area contributed by atoms with Gasteiger partial charge in [-0.25, -0.2) is 4.79 Å². The maximum Gasteiger partial charge on any atom is 0.326 e. The lowest BCUT2D eigenvalue weighted by molar-refractivity contribution is -0.143. The number of hydrogen-bond donors (Lipinski definition) is 7. The standard InChI is InChI=1S/C18H35N5O6/c1-4-10(2)14(18(28)29)23-15(25)11(3)21-17(27)13(9-24)22-16(26)12(20)7-5-6-8-19/h10-14,24H,4-9,19-20H2,1-3H3,(H,21,27)(H,22,26)(H,23,25)(H,28,29). The molecule has 11 nitrogen and oxygen atoms in total. The first-order chi connectivity index (χ1) is 13.6. The number of nitrogens with two attached hydrogens (primary N) is 2. The van der Waals surface area contributed by atoms with Gasteiger partial charge in [-0.1, -0.05) is 26.7 Å². The molecule has 0 spiro atoms. The van der Waals surface area contributed by atoms with Gasteiger partial charge in [0, 0.05) is 0 Å². The maximum atomic E-state index is 12.3. The number of aliphatic hydroxyl groups is 1. The van der Waals surface area contributed by atoms with Crippen molar-refractivity contribution in [3.8, 4) is 0 Å². The lowest BCUT2D eigenvalue weighted by Gasteiger charge is -2.24. The summed E-state index contributed by atoms with van der Waals surface area (Å²) in [6.45, 7) is 4.66. The van der Waals surface area contributed by atoms with Crippen LogP contribution in [0.3, 0.4) is 0 Å². The Hall–Kier alpha value is -2.24. The van der Waals surface area contributed by atoms with Gasteiger partial charge in [0.1, 0.15) is 18.1 Å². The van der Waals surface area contributed by atoms with Gasteiger partial charge in [0.15, 0.2) is 0 Å². The number of aliphatic hydroxyl groups excluding tert-OH is 1. The predicted octanol–water partition coefficient (Wildman–Crippen LogP) is -1.96. The molecular weight excluding hydrogens is 382 g/mol. The van der Waals surface area contributed by atoms with E-state index in [9.17, 15) is 29.4 Å². The van der Waals surface area contributed by atoms with E-state index in [0.29, 0.717) is 32.2 Å². The molecule has 0 aliphatic rings. The molecule has 0 bridgehead atoms. The largest absolute Gasteiger partial charge is 0.480 e.